The first kappa shape index (κ1) is 21.1. The van der Waals surface area contributed by atoms with E-state index in [-0.39, 0.29) is 29.0 Å². The molecule has 3 heterocycles. The Bertz CT molecular complexity index is 824. The van der Waals surface area contributed by atoms with Gasteiger partial charge in [-0.1, -0.05) is 0 Å². The molecule has 5 N–H and O–H groups in total. The van der Waals surface area contributed by atoms with Gasteiger partial charge in [-0.3, -0.25) is 4.90 Å². The third kappa shape index (κ3) is 3.27. The molecule has 3 aliphatic rings. The summed E-state index contributed by atoms with van der Waals surface area (Å²) in [6.07, 6.45) is -6.67. The minimum atomic E-state index is -1.54. The van der Waals surface area contributed by atoms with Crippen LogP contribution in [-0.2, 0) is 20.8 Å². The molecule has 0 bridgehead atoms. The predicted molar refractivity (Wildman–Crippen MR) is 98.3 cm³/mol. The van der Waals surface area contributed by atoms with Crippen LogP contribution in [0.4, 0.5) is 0 Å². The maximum Gasteiger partial charge on any atom is 0.339 e. The lowest BCUT2D eigenvalue weighted by Gasteiger charge is -2.45. The standard InChI is InChI=1S/C19H25NO10/c1-27-17-12(22)8(6-20-2-4-28-5-3-20)10-11(14(17)24)16-18(30-19(10)26)15(25)13(23)9(7-21)29-16/h9,13,15-16,18,21-25H,2-7H2,1H3. The van der Waals surface area contributed by atoms with Crippen LogP contribution in [0.3, 0.4) is 0 Å². The Labute approximate surface area is 172 Å². The van der Waals surface area contributed by atoms with Crippen LogP contribution in [0.1, 0.15) is 27.6 Å². The summed E-state index contributed by atoms with van der Waals surface area (Å²) >= 11 is 0. The number of hydrogen-bond acceptors (Lipinski definition) is 11. The molecule has 0 amide bonds. The van der Waals surface area contributed by atoms with Crippen LogP contribution in [0.2, 0.25) is 0 Å². The SMILES string of the molecule is COc1c(O)c(CN2CCOCC2)c2c(c1O)C1OC(CO)C(O)C(O)C1OC2=O. The van der Waals surface area contributed by atoms with Gasteiger partial charge in [-0.05, 0) is 0 Å². The van der Waals surface area contributed by atoms with Crippen LogP contribution in [0, 0.1) is 0 Å². The number of nitrogens with zero attached hydrogens (tertiary/aromatic N) is 1. The second-order valence-electron chi connectivity index (χ2n) is 7.52. The maximum atomic E-state index is 12.9. The van der Waals surface area contributed by atoms with Crippen LogP contribution in [0.15, 0.2) is 0 Å². The zero-order valence-corrected chi connectivity index (χ0v) is 16.4. The molecule has 4 rings (SSSR count). The van der Waals surface area contributed by atoms with Crippen molar-refractivity contribution in [3.63, 3.8) is 0 Å². The molecule has 0 radical (unpaired) electrons. The number of fused-ring (bicyclic) bond motifs is 3. The number of esters is 1. The number of hydrogen-bond donors (Lipinski definition) is 5. The predicted octanol–water partition coefficient (Wildman–Crippen LogP) is -1.37. The van der Waals surface area contributed by atoms with Gasteiger partial charge in [0, 0.05) is 30.8 Å². The molecule has 2 fully saturated rings. The first-order valence-corrected chi connectivity index (χ1v) is 9.67. The number of phenolic OH excluding ortho intramolecular Hbond substituents is 2. The smallest absolute Gasteiger partial charge is 0.339 e. The second kappa shape index (κ2) is 8.17. The van der Waals surface area contributed by atoms with Gasteiger partial charge in [0.25, 0.3) is 0 Å². The number of rotatable bonds is 4. The van der Waals surface area contributed by atoms with Gasteiger partial charge >= 0.3 is 5.97 Å². The molecule has 0 aliphatic carbocycles. The summed E-state index contributed by atoms with van der Waals surface area (Å²) in [6, 6.07) is 0. The van der Waals surface area contributed by atoms with Crippen molar-refractivity contribution in [1.29, 1.82) is 0 Å². The number of ether oxygens (including phenoxy) is 4. The molecule has 5 unspecified atom stereocenters. The average Bonchev–Trinajstić information content (AvgIpc) is 2.74. The molecule has 0 saturated carbocycles. The number of morpholine rings is 1. The molecule has 3 aliphatic heterocycles. The van der Waals surface area contributed by atoms with Crippen molar-refractivity contribution in [1.82, 2.24) is 4.90 Å². The maximum absolute atomic E-state index is 12.9. The normalized spacial score (nSPS) is 31.6. The van der Waals surface area contributed by atoms with Gasteiger partial charge in [0.2, 0.25) is 5.75 Å². The molecule has 1 aromatic rings. The van der Waals surface area contributed by atoms with Crippen molar-refractivity contribution >= 4 is 5.97 Å². The first-order valence-electron chi connectivity index (χ1n) is 9.67. The number of methoxy groups -OCH3 is 1. The van der Waals surface area contributed by atoms with E-state index in [4.69, 9.17) is 18.9 Å². The summed E-state index contributed by atoms with van der Waals surface area (Å²) in [5, 5.41) is 51.6. The van der Waals surface area contributed by atoms with E-state index in [1.165, 1.54) is 7.11 Å². The Morgan fingerprint density at radius 3 is 2.47 bits per heavy atom. The summed E-state index contributed by atoms with van der Waals surface area (Å²) in [7, 11) is 1.26. The number of aromatic hydroxyl groups is 2. The highest BCUT2D eigenvalue weighted by Crippen LogP contribution is 2.52. The fraction of sp³-hybridized carbons (Fsp3) is 0.632. The molecule has 11 nitrogen and oxygen atoms in total. The van der Waals surface area contributed by atoms with Crippen LogP contribution in [0.25, 0.3) is 0 Å². The van der Waals surface area contributed by atoms with E-state index >= 15 is 0 Å². The Kier molecular flexibility index (Phi) is 5.75. The second-order valence-corrected chi connectivity index (χ2v) is 7.52. The minimum Gasteiger partial charge on any atom is -0.504 e. The van der Waals surface area contributed by atoms with Crippen LogP contribution < -0.4 is 4.74 Å². The molecule has 11 heteroatoms. The Hall–Kier alpha value is -2.15. The number of aliphatic hydroxyl groups excluding tert-OH is 3. The van der Waals surface area contributed by atoms with E-state index < -0.39 is 54.6 Å². The van der Waals surface area contributed by atoms with E-state index in [9.17, 15) is 30.3 Å². The van der Waals surface area contributed by atoms with Crippen molar-refractivity contribution in [2.45, 2.75) is 37.1 Å². The molecular weight excluding hydrogens is 402 g/mol. The van der Waals surface area contributed by atoms with Gasteiger partial charge in [-0.15, -0.1) is 0 Å². The Morgan fingerprint density at radius 2 is 1.83 bits per heavy atom. The zero-order valence-electron chi connectivity index (χ0n) is 16.4. The summed E-state index contributed by atoms with van der Waals surface area (Å²) in [5.41, 5.74) is 0.0899. The van der Waals surface area contributed by atoms with Gasteiger partial charge in [-0.2, -0.15) is 0 Å². The molecule has 1 aromatic carbocycles. The number of benzene rings is 1. The molecular formula is C19H25NO10. The fourth-order valence-corrected chi connectivity index (χ4v) is 4.25. The lowest BCUT2D eigenvalue weighted by Crippen LogP contribution is -2.58. The summed E-state index contributed by atoms with van der Waals surface area (Å²) in [5.74, 6) is -2.04. The Balaban J connectivity index is 1.85. The zero-order chi connectivity index (χ0) is 21.6. The molecule has 0 aromatic heterocycles. The van der Waals surface area contributed by atoms with Crippen molar-refractivity contribution < 1.29 is 49.3 Å². The summed E-state index contributed by atoms with van der Waals surface area (Å²) in [6.45, 7) is 1.72. The third-order valence-electron chi connectivity index (χ3n) is 5.83. The summed E-state index contributed by atoms with van der Waals surface area (Å²) in [4.78, 5) is 14.8. The monoisotopic (exact) mass is 427 g/mol. The highest BCUT2D eigenvalue weighted by molar-refractivity contribution is 5.97. The number of aliphatic hydroxyl groups is 3. The van der Waals surface area contributed by atoms with Crippen molar-refractivity contribution in [3.8, 4) is 17.2 Å². The lowest BCUT2D eigenvalue weighted by molar-refractivity contribution is -0.235. The quantitative estimate of drug-likeness (QED) is 0.361. The Morgan fingerprint density at radius 1 is 1.13 bits per heavy atom. The molecule has 5 atom stereocenters. The van der Waals surface area contributed by atoms with Gasteiger partial charge < -0.3 is 44.5 Å². The van der Waals surface area contributed by atoms with Crippen molar-refractivity contribution in [3.05, 3.63) is 16.7 Å². The van der Waals surface area contributed by atoms with E-state index in [1.807, 2.05) is 4.90 Å². The molecule has 2 saturated heterocycles. The molecule has 166 valence electrons. The number of carbonyl (C=O) groups is 1. The largest absolute Gasteiger partial charge is 0.504 e. The highest BCUT2D eigenvalue weighted by Gasteiger charge is 2.53. The van der Waals surface area contributed by atoms with Crippen LogP contribution >= 0.6 is 0 Å². The highest BCUT2D eigenvalue weighted by atomic mass is 16.6. The lowest BCUT2D eigenvalue weighted by atomic mass is 9.84. The van der Waals surface area contributed by atoms with Crippen LogP contribution in [-0.4, -0.2) is 101 Å². The van der Waals surface area contributed by atoms with E-state index in [2.05, 4.69) is 0 Å². The van der Waals surface area contributed by atoms with E-state index in [0.717, 1.165) is 0 Å². The van der Waals surface area contributed by atoms with Crippen molar-refractivity contribution in [2.75, 3.05) is 40.0 Å². The first-order chi connectivity index (χ1) is 14.4. The van der Waals surface area contributed by atoms with E-state index in [0.29, 0.717) is 26.3 Å². The number of carbonyl (C=O) groups excluding carboxylic acids is 1. The summed E-state index contributed by atoms with van der Waals surface area (Å²) < 4.78 is 21.5. The molecule has 0 spiro atoms. The topological polar surface area (TPSA) is 158 Å². The van der Waals surface area contributed by atoms with Crippen LogP contribution in [0.5, 0.6) is 17.2 Å². The number of phenols is 2. The van der Waals surface area contributed by atoms with Crippen molar-refractivity contribution in [2.24, 2.45) is 0 Å². The van der Waals surface area contributed by atoms with Gasteiger partial charge in [0.05, 0.1) is 32.5 Å². The minimum absolute atomic E-state index is 0.0152. The van der Waals surface area contributed by atoms with Gasteiger partial charge in [-0.25, -0.2) is 4.79 Å². The van der Waals surface area contributed by atoms with E-state index in [1.54, 1.807) is 0 Å². The molecule has 30 heavy (non-hydrogen) atoms. The van der Waals surface area contributed by atoms with Gasteiger partial charge in [0.1, 0.15) is 24.4 Å². The van der Waals surface area contributed by atoms with Gasteiger partial charge in [0.15, 0.2) is 17.6 Å². The fourth-order valence-electron chi connectivity index (χ4n) is 4.25. The average molecular weight is 427 g/mol. The third-order valence-corrected chi connectivity index (χ3v) is 5.83.